The van der Waals surface area contributed by atoms with E-state index in [-0.39, 0.29) is 17.4 Å². The summed E-state index contributed by atoms with van der Waals surface area (Å²) >= 11 is 0. The molecule has 1 fully saturated rings. The van der Waals surface area contributed by atoms with Crippen LogP contribution in [0.2, 0.25) is 0 Å². The predicted octanol–water partition coefficient (Wildman–Crippen LogP) is 3.25. The van der Waals surface area contributed by atoms with Gasteiger partial charge in [0, 0.05) is 18.2 Å². The van der Waals surface area contributed by atoms with Gasteiger partial charge in [-0.1, -0.05) is 12.1 Å². The number of nitrogens with one attached hydrogen (secondary N) is 1. The monoisotopic (exact) mass is 344 g/mol. The molecule has 0 aliphatic carbocycles. The second-order valence-electron chi connectivity index (χ2n) is 6.45. The largest absolute Gasteiger partial charge is 0.480 e. The Morgan fingerprint density at radius 1 is 1.28 bits per heavy atom. The summed E-state index contributed by atoms with van der Waals surface area (Å²) in [5, 5.41) is 10.6. The zero-order valence-electron chi connectivity index (χ0n) is 14.3. The highest BCUT2D eigenvalue weighted by molar-refractivity contribution is 5.89. The number of carbonyl (C=O) groups is 1. The number of methoxy groups -OCH3 is 1. The van der Waals surface area contributed by atoms with Gasteiger partial charge in [-0.15, -0.1) is 10.2 Å². The summed E-state index contributed by atoms with van der Waals surface area (Å²) in [5.41, 5.74) is 0.690. The molecule has 6 nitrogen and oxygen atoms in total. The molecule has 2 aromatic rings. The molecular weight excluding hydrogens is 323 g/mol. The Morgan fingerprint density at radius 3 is 2.68 bits per heavy atom. The van der Waals surface area contributed by atoms with Crippen LogP contribution < -0.4 is 10.1 Å². The van der Waals surface area contributed by atoms with E-state index < -0.39 is 0 Å². The number of benzene rings is 1. The van der Waals surface area contributed by atoms with Crippen molar-refractivity contribution in [3.05, 3.63) is 47.8 Å². The molecule has 0 saturated carbocycles. The van der Waals surface area contributed by atoms with Crippen molar-refractivity contribution < 1.29 is 13.9 Å². The highest BCUT2D eigenvalue weighted by atomic mass is 19.1. The molecule has 1 aromatic carbocycles. The first-order chi connectivity index (χ1) is 12.0. The Labute approximate surface area is 146 Å². The summed E-state index contributed by atoms with van der Waals surface area (Å²) in [6.45, 7) is 2.73. The number of nitrogens with zero attached hydrogens (tertiary/aromatic N) is 3. The van der Waals surface area contributed by atoms with Gasteiger partial charge in [-0.05, 0) is 49.9 Å². The Kier molecular flexibility index (Phi) is 4.83. The number of urea groups is 1. The Hall–Kier alpha value is -2.70. The minimum Gasteiger partial charge on any atom is -0.480 e. The lowest BCUT2D eigenvalue weighted by atomic mass is 9.90. The molecule has 25 heavy (non-hydrogen) atoms. The fraction of sp³-hybridized carbons (Fsp3) is 0.389. The third-order valence-electron chi connectivity index (χ3n) is 4.58. The van der Waals surface area contributed by atoms with Gasteiger partial charge in [0.25, 0.3) is 0 Å². The van der Waals surface area contributed by atoms with E-state index in [1.807, 2.05) is 4.90 Å². The van der Waals surface area contributed by atoms with E-state index in [0.29, 0.717) is 24.7 Å². The highest BCUT2D eigenvalue weighted by Gasteiger charge is 2.39. The molecule has 1 aliphatic rings. The molecule has 1 atom stereocenters. The lowest BCUT2D eigenvalue weighted by molar-refractivity contribution is 0.167. The van der Waals surface area contributed by atoms with Crippen LogP contribution >= 0.6 is 0 Å². The molecule has 0 bridgehead atoms. The van der Waals surface area contributed by atoms with Crippen LogP contribution in [-0.4, -0.2) is 40.3 Å². The SMILES string of the molecule is COc1ccc(NC(=O)N2CCC[C@]2(C)Cc2ccc(F)cc2)nn1. The first-order valence-corrected chi connectivity index (χ1v) is 8.21. The lowest BCUT2D eigenvalue weighted by Gasteiger charge is -2.35. The minimum absolute atomic E-state index is 0.207. The zero-order valence-corrected chi connectivity index (χ0v) is 14.3. The van der Waals surface area contributed by atoms with Crippen molar-refractivity contribution in [1.82, 2.24) is 15.1 Å². The maximum Gasteiger partial charge on any atom is 0.323 e. The Balaban J connectivity index is 1.70. The topological polar surface area (TPSA) is 67.3 Å². The van der Waals surface area contributed by atoms with E-state index in [0.717, 1.165) is 18.4 Å². The summed E-state index contributed by atoms with van der Waals surface area (Å²) < 4.78 is 18.1. The molecule has 7 heteroatoms. The van der Waals surface area contributed by atoms with E-state index in [9.17, 15) is 9.18 Å². The Bertz CT molecular complexity index is 736. The van der Waals surface area contributed by atoms with E-state index in [1.165, 1.54) is 19.2 Å². The number of ether oxygens (including phenoxy) is 1. The van der Waals surface area contributed by atoms with Crippen LogP contribution in [0.25, 0.3) is 0 Å². The van der Waals surface area contributed by atoms with Gasteiger partial charge >= 0.3 is 6.03 Å². The smallest absolute Gasteiger partial charge is 0.323 e. The number of amides is 2. The van der Waals surface area contributed by atoms with Crippen LogP contribution in [0, 0.1) is 5.82 Å². The second-order valence-corrected chi connectivity index (χ2v) is 6.45. The molecule has 3 rings (SSSR count). The van der Waals surface area contributed by atoms with E-state index in [1.54, 1.807) is 24.3 Å². The van der Waals surface area contributed by atoms with Gasteiger partial charge in [-0.2, -0.15) is 0 Å². The molecule has 2 heterocycles. The quantitative estimate of drug-likeness (QED) is 0.924. The number of aromatic nitrogens is 2. The molecule has 132 valence electrons. The second kappa shape index (κ2) is 7.04. The van der Waals surface area contributed by atoms with E-state index in [4.69, 9.17) is 4.74 Å². The molecule has 1 saturated heterocycles. The number of halogens is 1. The zero-order chi connectivity index (χ0) is 17.9. The molecule has 1 N–H and O–H groups in total. The number of carbonyl (C=O) groups excluding carboxylic acids is 1. The molecule has 1 aromatic heterocycles. The van der Waals surface area contributed by atoms with Crippen molar-refractivity contribution in [3.63, 3.8) is 0 Å². The van der Waals surface area contributed by atoms with Gasteiger partial charge in [-0.3, -0.25) is 5.32 Å². The van der Waals surface area contributed by atoms with Crippen molar-refractivity contribution in [2.45, 2.75) is 31.7 Å². The first-order valence-electron chi connectivity index (χ1n) is 8.21. The molecule has 0 unspecified atom stereocenters. The van der Waals surface area contributed by atoms with Crippen molar-refractivity contribution >= 4 is 11.8 Å². The first kappa shape index (κ1) is 17.1. The maximum atomic E-state index is 13.1. The third-order valence-corrected chi connectivity index (χ3v) is 4.58. The van der Waals surface area contributed by atoms with Crippen molar-refractivity contribution in [1.29, 1.82) is 0 Å². The fourth-order valence-corrected chi connectivity index (χ4v) is 3.27. The number of likely N-dealkylation sites (tertiary alicyclic amines) is 1. The predicted molar refractivity (Wildman–Crippen MR) is 92.1 cm³/mol. The molecule has 0 spiro atoms. The van der Waals surface area contributed by atoms with Gasteiger partial charge in [0.1, 0.15) is 5.82 Å². The summed E-state index contributed by atoms with van der Waals surface area (Å²) in [4.78, 5) is 14.5. The van der Waals surface area contributed by atoms with Crippen LogP contribution in [0.4, 0.5) is 15.0 Å². The van der Waals surface area contributed by atoms with Gasteiger partial charge in [0.2, 0.25) is 5.88 Å². The molecular formula is C18H21FN4O2. The molecule has 2 amide bonds. The minimum atomic E-state index is -0.318. The van der Waals surface area contributed by atoms with Crippen LogP contribution in [0.1, 0.15) is 25.3 Å². The average molecular weight is 344 g/mol. The molecule has 0 radical (unpaired) electrons. The lowest BCUT2D eigenvalue weighted by Crippen LogP contribution is -2.48. The van der Waals surface area contributed by atoms with Gasteiger partial charge in [0.15, 0.2) is 5.82 Å². The van der Waals surface area contributed by atoms with Crippen LogP contribution in [0.15, 0.2) is 36.4 Å². The van der Waals surface area contributed by atoms with Crippen molar-refractivity contribution in [3.8, 4) is 5.88 Å². The fourth-order valence-electron chi connectivity index (χ4n) is 3.27. The summed E-state index contributed by atoms with van der Waals surface area (Å²) in [5.74, 6) is 0.509. The van der Waals surface area contributed by atoms with Crippen molar-refractivity contribution in [2.75, 3.05) is 19.0 Å². The van der Waals surface area contributed by atoms with E-state index in [2.05, 4.69) is 22.4 Å². The standard InChI is InChI=1S/C18H21FN4O2/c1-18(12-13-4-6-14(19)7-5-13)10-3-11-23(18)17(24)20-15-8-9-16(25-2)22-21-15/h4-9H,3,10-12H2,1-2H3,(H,20,21,24)/t18-/m1/s1. The third kappa shape index (κ3) is 3.87. The maximum absolute atomic E-state index is 13.1. The number of anilines is 1. The summed E-state index contributed by atoms with van der Waals surface area (Å²) in [6, 6.07) is 9.52. The normalized spacial score (nSPS) is 19.7. The van der Waals surface area contributed by atoms with E-state index >= 15 is 0 Å². The van der Waals surface area contributed by atoms with Gasteiger partial charge in [-0.25, -0.2) is 9.18 Å². The van der Waals surface area contributed by atoms with Gasteiger partial charge < -0.3 is 9.64 Å². The van der Waals surface area contributed by atoms with Gasteiger partial charge in [0.05, 0.1) is 7.11 Å². The van der Waals surface area contributed by atoms with Crippen LogP contribution in [0.5, 0.6) is 5.88 Å². The average Bonchev–Trinajstić information content (AvgIpc) is 2.99. The van der Waals surface area contributed by atoms with Crippen LogP contribution in [0.3, 0.4) is 0 Å². The summed E-state index contributed by atoms with van der Waals surface area (Å²) in [7, 11) is 1.51. The van der Waals surface area contributed by atoms with Crippen molar-refractivity contribution in [2.24, 2.45) is 0 Å². The van der Waals surface area contributed by atoms with Crippen LogP contribution in [-0.2, 0) is 6.42 Å². The Morgan fingerprint density at radius 2 is 2.04 bits per heavy atom. The number of hydrogen-bond donors (Lipinski definition) is 1. The number of hydrogen-bond acceptors (Lipinski definition) is 4. The number of rotatable bonds is 4. The highest BCUT2D eigenvalue weighted by Crippen LogP contribution is 2.33. The summed E-state index contributed by atoms with van der Waals surface area (Å²) in [6.07, 6.45) is 2.50. The molecule has 1 aliphatic heterocycles.